The van der Waals surface area contributed by atoms with Crippen molar-refractivity contribution in [3.05, 3.63) is 75.2 Å². The van der Waals surface area contributed by atoms with Crippen LogP contribution in [0.4, 0.5) is 5.95 Å². The van der Waals surface area contributed by atoms with Gasteiger partial charge in [0, 0.05) is 11.8 Å². The van der Waals surface area contributed by atoms with Gasteiger partial charge in [-0.1, -0.05) is 12.1 Å². The number of hydrogen-bond acceptors (Lipinski definition) is 8. The summed E-state index contributed by atoms with van der Waals surface area (Å²) in [5.74, 6) is 0.478. The van der Waals surface area contributed by atoms with Crippen LogP contribution in [0.25, 0.3) is 0 Å². The van der Waals surface area contributed by atoms with Crippen molar-refractivity contribution in [1.82, 2.24) is 9.97 Å². The smallest absolute Gasteiger partial charge is 0.339 e. The highest BCUT2D eigenvalue weighted by Gasteiger charge is 2.21. The molecule has 2 N–H and O–H groups in total. The SMILES string of the molecule is COc1cc(C=NNc2nc(C)cc(=O)[nH]2)ccc1OS(=O)(=O)c1cc(C)ccc1C. The van der Waals surface area contributed by atoms with Crippen molar-refractivity contribution in [3.8, 4) is 11.5 Å². The monoisotopic (exact) mass is 442 g/mol. The summed E-state index contributed by atoms with van der Waals surface area (Å²) >= 11 is 0. The van der Waals surface area contributed by atoms with Gasteiger partial charge in [0.05, 0.1) is 13.3 Å². The summed E-state index contributed by atoms with van der Waals surface area (Å²) in [6, 6.07) is 11.2. The van der Waals surface area contributed by atoms with Gasteiger partial charge in [-0.05, 0) is 61.7 Å². The van der Waals surface area contributed by atoms with E-state index in [1.807, 2.05) is 13.0 Å². The van der Waals surface area contributed by atoms with Gasteiger partial charge in [0.2, 0.25) is 5.95 Å². The first-order valence-corrected chi connectivity index (χ1v) is 10.7. The van der Waals surface area contributed by atoms with Gasteiger partial charge in [-0.3, -0.25) is 9.78 Å². The lowest BCUT2D eigenvalue weighted by Crippen LogP contribution is -2.12. The van der Waals surface area contributed by atoms with Crippen LogP contribution in [0.15, 0.2) is 57.3 Å². The summed E-state index contributed by atoms with van der Waals surface area (Å²) in [4.78, 5) is 18.2. The second-order valence-corrected chi connectivity index (χ2v) is 8.34. The Morgan fingerprint density at radius 1 is 1.06 bits per heavy atom. The lowest BCUT2D eigenvalue weighted by atomic mass is 10.2. The molecule has 0 bridgehead atoms. The van der Waals surface area contributed by atoms with E-state index in [0.717, 1.165) is 5.56 Å². The average molecular weight is 442 g/mol. The molecule has 10 heteroatoms. The van der Waals surface area contributed by atoms with Crippen molar-refractivity contribution >= 4 is 22.3 Å². The molecule has 0 saturated heterocycles. The maximum Gasteiger partial charge on any atom is 0.339 e. The molecule has 0 aliphatic heterocycles. The standard InChI is InChI=1S/C21H22N4O5S/c1-13-5-6-14(2)19(9-13)31(27,28)30-17-8-7-16(11-18(17)29-4)12-22-25-21-23-15(3)10-20(26)24-21/h5-12H,1-4H3,(H2,23,24,25,26). The van der Waals surface area contributed by atoms with Crippen LogP contribution >= 0.6 is 0 Å². The Kier molecular flexibility index (Phi) is 6.40. The first kappa shape index (κ1) is 22.0. The third-order valence-electron chi connectivity index (χ3n) is 4.25. The Bertz CT molecular complexity index is 1300. The van der Waals surface area contributed by atoms with Gasteiger partial charge in [0.25, 0.3) is 5.56 Å². The zero-order valence-electron chi connectivity index (χ0n) is 17.5. The van der Waals surface area contributed by atoms with Gasteiger partial charge < -0.3 is 8.92 Å². The minimum Gasteiger partial charge on any atom is -0.493 e. The number of aromatic nitrogens is 2. The summed E-state index contributed by atoms with van der Waals surface area (Å²) in [6.07, 6.45) is 1.47. The first-order chi connectivity index (χ1) is 14.7. The highest BCUT2D eigenvalue weighted by atomic mass is 32.2. The molecule has 0 saturated carbocycles. The van der Waals surface area contributed by atoms with Crippen LogP contribution in [-0.4, -0.2) is 31.7 Å². The van der Waals surface area contributed by atoms with E-state index < -0.39 is 10.1 Å². The Labute approximate surface area is 179 Å². The van der Waals surface area contributed by atoms with Crippen molar-refractivity contribution in [1.29, 1.82) is 0 Å². The van der Waals surface area contributed by atoms with E-state index in [9.17, 15) is 13.2 Å². The number of benzene rings is 2. The molecule has 0 atom stereocenters. The fourth-order valence-electron chi connectivity index (χ4n) is 2.77. The summed E-state index contributed by atoms with van der Waals surface area (Å²) in [7, 11) is -2.63. The highest BCUT2D eigenvalue weighted by Crippen LogP contribution is 2.31. The Hall–Kier alpha value is -3.66. The van der Waals surface area contributed by atoms with Gasteiger partial charge in [0.15, 0.2) is 11.5 Å². The molecule has 3 rings (SSSR count). The van der Waals surface area contributed by atoms with Crippen molar-refractivity contribution in [2.45, 2.75) is 25.7 Å². The maximum atomic E-state index is 12.8. The number of methoxy groups -OCH3 is 1. The van der Waals surface area contributed by atoms with Gasteiger partial charge in [-0.2, -0.15) is 13.5 Å². The predicted octanol–water partition coefficient (Wildman–Crippen LogP) is 2.92. The number of hydrogen-bond donors (Lipinski definition) is 2. The molecule has 9 nitrogen and oxygen atoms in total. The van der Waals surface area contributed by atoms with E-state index in [-0.39, 0.29) is 27.9 Å². The number of rotatable bonds is 7. The molecule has 1 heterocycles. The number of nitrogens with zero attached hydrogens (tertiary/aromatic N) is 2. The van der Waals surface area contributed by atoms with Crippen LogP contribution < -0.4 is 19.9 Å². The molecule has 0 fully saturated rings. The van der Waals surface area contributed by atoms with E-state index in [1.165, 1.54) is 25.5 Å². The van der Waals surface area contributed by atoms with Crippen LogP contribution in [0.2, 0.25) is 0 Å². The van der Waals surface area contributed by atoms with E-state index in [1.54, 1.807) is 38.1 Å². The highest BCUT2D eigenvalue weighted by molar-refractivity contribution is 7.87. The fraction of sp³-hybridized carbons (Fsp3) is 0.190. The molecule has 0 spiro atoms. The zero-order chi connectivity index (χ0) is 22.6. The Morgan fingerprint density at radius 2 is 1.84 bits per heavy atom. The van der Waals surface area contributed by atoms with Crippen LogP contribution in [-0.2, 0) is 10.1 Å². The summed E-state index contributed by atoms with van der Waals surface area (Å²) in [6.45, 7) is 5.21. The van der Waals surface area contributed by atoms with E-state index >= 15 is 0 Å². The van der Waals surface area contributed by atoms with E-state index in [0.29, 0.717) is 16.8 Å². The molecule has 0 unspecified atom stereocenters. The van der Waals surface area contributed by atoms with Gasteiger partial charge in [-0.15, -0.1) is 0 Å². The summed E-state index contributed by atoms with van der Waals surface area (Å²) in [5, 5.41) is 4.02. The molecule has 0 radical (unpaired) electrons. The van der Waals surface area contributed by atoms with Crippen LogP contribution in [0, 0.1) is 20.8 Å². The molecule has 162 valence electrons. The number of hydrazone groups is 1. The third-order valence-corrected chi connectivity index (χ3v) is 5.63. The quantitative estimate of drug-likeness (QED) is 0.328. The normalized spacial score (nSPS) is 11.5. The topological polar surface area (TPSA) is 123 Å². The average Bonchev–Trinajstić information content (AvgIpc) is 2.70. The molecular weight excluding hydrogens is 420 g/mol. The minimum absolute atomic E-state index is 0.0539. The van der Waals surface area contributed by atoms with Crippen LogP contribution in [0.5, 0.6) is 11.5 Å². The minimum atomic E-state index is -4.04. The second kappa shape index (κ2) is 9.00. The van der Waals surface area contributed by atoms with Gasteiger partial charge in [0.1, 0.15) is 4.90 Å². The number of ether oxygens (including phenoxy) is 1. The van der Waals surface area contributed by atoms with Gasteiger partial charge >= 0.3 is 10.1 Å². The summed E-state index contributed by atoms with van der Waals surface area (Å²) in [5.41, 5.74) is 4.89. The molecule has 31 heavy (non-hydrogen) atoms. The van der Waals surface area contributed by atoms with E-state index in [4.69, 9.17) is 8.92 Å². The zero-order valence-corrected chi connectivity index (χ0v) is 18.3. The summed E-state index contributed by atoms with van der Waals surface area (Å²) < 4.78 is 36.1. The lowest BCUT2D eigenvalue weighted by Gasteiger charge is -2.13. The van der Waals surface area contributed by atoms with Crippen molar-refractivity contribution < 1.29 is 17.3 Å². The molecule has 0 amide bonds. The maximum absolute atomic E-state index is 12.8. The van der Waals surface area contributed by atoms with Crippen LogP contribution in [0.3, 0.4) is 0 Å². The largest absolute Gasteiger partial charge is 0.493 e. The molecule has 3 aromatic rings. The van der Waals surface area contributed by atoms with Crippen LogP contribution in [0.1, 0.15) is 22.4 Å². The number of nitrogens with one attached hydrogen (secondary N) is 2. The molecule has 1 aromatic heterocycles. The van der Waals surface area contributed by atoms with Crippen molar-refractivity contribution in [3.63, 3.8) is 0 Å². The van der Waals surface area contributed by atoms with Crippen molar-refractivity contribution in [2.75, 3.05) is 12.5 Å². The third kappa shape index (κ3) is 5.48. The molecular formula is C21H22N4O5S. The predicted molar refractivity (Wildman–Crippen MR) is 118 cm³/mol. The second-order valence-electron chi connectivity index (χ2n) is 6.82. The number of anilines is 1. The van der Waals surface area contributed by atoms with Gasteiger partial charge in [-0.25, -0.2) is 10.4 Å². The molecule has 2 aromatic carbocycles. The number of aryl methyl sites for hydroxylation is 3. The van der Waals surface area contributed by atoms with E-state index in [2.05, 4.69) is 20.5 Å². The fourth-order valence-corrected chi connectivity index (χ4v) is 4.03. The first-order valence-electron chi connectivity index (χ1n) is 9.25. The Morgan fingerprint density at radius 3 is 2.55 bits per heavy atom. The molecule has 0 aliphatic rings. The number of aromatic amines is 1. The lowest BCUT2D eigenvalue weighted by molar-refractivity contribution is 0.390. The molecule has 0 aliphatic carbocycles. The van der Waals surface area contributed by atoms with Crippen molar-refractivity contribution in [2.24, 2.45) is 5.10 Å². The number of H-pyrrole nitrogens is 1. The Balaban J connectivity index is 1.81.